The third-order valence-electron chi connectivity index (χ3n) is 9.31. The van der Waals surface area contributed by atoms with Crippen molar-refractivity contribution in [3.63, 3.8) is 0 Å². The van der Waals surface area contributed by atoms with Crippen molar-refractivity contribution in [1.29, 1.82) is 0 Å². The minimum Gasteiger partial charge on any atom is -0.353 e. The van der Waals surface area contributed by atoms with Gasteiger partial charge in [0.1, 0.15) is 0 Å². The van der Waals surface area contributed by atoms with Gasteiger partial charge < -0.3 is 29.6 Å². The van der Waals surface area contributed by atoms with Crippen LogP contribution in [-0.2, 0) is 28.5 Å². The molecular formula is C37H62F2N2O6. The first kappa shape index (κ1) is 39.6. The monoisotopic (exact) mass is 668 g/mol. The van der Waals surface area contributed by atoms with Crippen LogP contribution in [0.3, 0.4) is 0 Å². The summed E-state index contributed by atoms with van der Waals surface area (Å²) in [6.07, 6.45) is 24.5. The van der Waals surface area contributed by atoms with E-state index in [2.05, 4.69) is 10.6 Å². The van der Waals surface area contributed by atoms with E-state index in [0.29, 0.717) is 25.7 Å². The Balaban J connectivity index is 1.17. The number of carbonyl (C=O) groups excluding carboxylic acids is 2. The Hall–Kier alpha value is -1.88. The van der Waals surface area contributed by atoms with Crippen molar-refractivity contribution in [2.45, 2.75) is 172 Å². The number of carbonyl (C=O) groups is 2. The highest BCUT2D eigenvalue weighted by molar-refractivity contribution is 5.92. The maximum atomic E-state index is 14.5. The summed E-state index contributed by atoms with van der Waals surface area (Å²) in [5.41, 5.74) is 0. The molecule has 3 rings (SSSR count). The Morgan fingerprint density at radius 1 is 0.553 bits per heavy atom. The summed E-state index contributed by atoms with van der Waals surface area (Å²) in [5, 5.41) is 5.41. The van der Waals surface area contributed by atoms with E-state index < -0.39 is 35.6 Å². The van der Waals surface area contributed by atoms with E-state index in [4.69, 9.17) is 18.9 Å². The van der Waals surface area contributed by atoms with Crippen LogP contribution in [0.2, 0.25) is 0 Å². The maximum Gasteiger partial charge on any atom is 0.279 e. The molecule has 2 unspecified atom stereocenters. The number of rotatable bonds is 24. The van der Waals surface area contributed by atoms with Gasteiger partial charge in [-0.3, -0.25) is 9.59 Å². The summed E-state index contributed by atoms with van der Waals surface area (Å²) in [6, 6.07) is -0.819. The standard InChI is InChI=1S/C37H62F2N2O6/c38-30(20-11-7-3-1-5-9-15-26-44-34-24-13-17-28-46-34)36(42)40-32-22-19-23-33(32)41-37(43)31(39)21-12-8-4-2-6-10-16-27-45-35-25-14-18-29-47-35/h20-21,32-35H,1-19,22-29H2,(H,40,42)(H,41,43)/b30-20-,31-21+/t32-,33+,34?,35?/m1/s1. The third kappa shape index (κ3) is 17.9. The second-order valence-corrected chi connectivity index (χ2v) is 13.3. The van der Waals surface area contributed by atoms with Gasteiger partial charge >= 0.3 is 0 Å². The summed E-state index contributed by atoms with van der Waals surface area (Å²) >= 11 is 0. The second kappa shape index (κ2) is 25.1. The van der Waals surface area contributed by atoms with Gasteiger partial charge in [0.2, 0.25) is 0 Å². The highest BCUT2D eigenvalue weighted by atomic mass is 19.1. The first-order valence-electron chi connectivity index (χ1n) is 18.8. The molecule has 8 nitrogen and oxygen atoms in total. The SMILES string of the molecule is O=C(N[C@@H]1CCC[C@@H]1NC(=O)/C(F)=C\CCCCCCCCOC1CCCCO1)/C(F)=C/CCCCCCCCOC1CCCCO1. The number of ether oxygens (including phenoxy) is 4. The molecule has 2 heterocycles. The van der Waals surface area contributed by atoms with Crippen LogP contribution in [0.4, 0.5) is 8.78 Å². The van der Waals surface area contributed by atoms with Gasteiger partial charge in [0, 0.05) is 38.5 Å². The first-order chi connectivity index (χ1) is 23.0. The number of halogens is 2. The summed E-state index contributed by atoms with van der Waals surface area (Å²) < 4.78 is 51.6. The minimum atomic E-state index is -0.794. The van der Waals surface area contributed by atoms with Crippen molar-refractivity contribution in [3.05, 3.63) is 23.8 Å². The summed E-state index contributed by atoms with van der Waals surface area (Å²) in [4.78, 5) is 24.9. The molecule has 2 N–H and O–H groups in total. The van der Waals surface area contributed by atoms with Gasteiger partial charge in [-0.25, -0.2) is 8.78 Å². The summed E-state index contributed by atoms with van der Waals surface area (Å²) in [5.74, 6) is -3.12. The second-order valence-electron chi connectivity index (χ2n) is 13.3. The fraction of sp³-hybridized carbons (Fsp3) is 0.838. The van der Waals surface area contributed by atoms with Gasteiger partial charge in [-0.15, -0.1) is 0 Å². The lowest BCUT2D eigenvalue weighted by atomic mass is 10.1. The lowest BCUT2D eigenvalue weighted by Crippen LogP contribution is -2.48. The average molecular weight is 669 g/mol. The van der Waals surface area contributed by atoms with Crippen LogP contribution >= 0.6 is 0 Å². The van der Waals surface area contributed by atoms with Crippen LogP contribution in [0.25, 0.3) is 0 Å². The first-order valence-corrected chi connectivity index (χ1v) is 18.8. The van der Waals surface area contributed by atoms with E-state index in [1.54, 1.807) is 0 Å². The normalized spacial score (nSPS) is 24.0. The fourth-order valence-corrected chi connectivity index (χ4v) is 6.45. The van der Waals surface area contributed by atoms with Crippen LogP contribution in [0.1, 0.15) is 148 Å². The highest BCUT2D eigenvalue weighted by Gasteiger charge is 2.31. The zero-order valence-electron chi connectivity index (χ0n) is 28.8. The van der Waals surface area contributed by atoms with Gasteiger partial charge in [0.15, 0.2) is 24.2 Å². The van der Waals surface area contributed by atoms with Crippen LogP contribution in [0, 0.1) is 0 Å². The quantitative estimate of drug-likeness (QED) is 0.0793. The molecule has 0 aromatic carbocycles. The Morgan fingerprint density at radius 3 is 1.36 bits per heavy atom. The summed E-state index contributed by atoms with van der Waals surface area (Å²) in [6.45, 7) is 3.08. The molecule has 0 aromatic heterocycles. The van der Waals surface area contributed by atoms with Crippen molar-refractivity contribution in [1.82, 2.24) is 10.6 Å². The molecule has 1 aliphatic carbocycles. The lowest BCUT2D eigenvalue weighted by Gasteiger charge is -2.22. The summed E-state index contributed by atoms with van der Waals surface area (Å²) in [7, 11) is 0. The van der Waals surface area contributed by atoms with E-state index in [1.165, 1.54) is 25.0 Å². The average Bonchev–Trinajstić information content (AvgIpc) is 3.52. The van der Waals surface area contributed by atoms with E-state index >= 15 is 0 Å². The fourth-order valence-electron chi connectivity index (χ4n) is 6.45. The van der Waals surface area contributed by atoms with Gasteiger partial charge in [-0.05, 0) is 108 Å². The van der Waals surface area contributed by atoms with Crippen molar-refractivity contribution < 1.29 is 37.3 Å². The zero-order valence-corrected chi connectivity index (χ0v) is 28.8. The largest absolute Gasteiger partial charge is 0.353 e. The van der Waals surface area contributed by atoms with Crippen molar-refractivity contribution >= 4 is 11.8 Å². The Morgan fingerprint density at radius 2 is 0.957 bits per heavy atom. The molecule has 0 aromatic rings. The number of amides is 2. The van der Waals surface area contributed by atoms with Crippen LogP contribution < -0.4 is 10.6 Å². The van der Waals surface area contributed by atoms with E-state index in [1.807, 2.05) is 0 Å². The topological polar surface area (TPSA) is 95.1 Å². The van der Waals surface area contributed by atoms with Crippen molar-refractivity contribution in [2.75, 3.05) is 26.4 Å². The maximum absolute atomic E-state index is 14.5. The number of nitrogens with one attached hydrogen (secondary N) is 2. The van der Waals surface area contributed by atoms with E-state index in [9.17, 15) is 18.4 Å². The smallest absolute Gasteiger partial charge is 0.279 e. The Labute approximate surface area is 282 Å². The molecule has 2 saturated heterocycles. The van der Waals surface area contributed by atoms with E-state index in [-0.39, 0.29) is 12.6 Å². The number of unbranched alkanes of at least 4 members (excludes halogenated alkanes) is 12. The van der Waals surface area contributed by atoms with Gasteiger partial charge in [0.25, 0.3) is 11.8 Å². The molecule has 0 bridgehead atoms. The Kier molecular flexibility index (Phi) is 21.2. The molecule has 2 amide bonds. The van der Waals surface area contributed by atoms with Crippen LogP contribution in [0.5, 0.6) is 0 Å². The molecule has 3 fully saturated rings. The van der Waals surface area contributed by atoms with Crippen LogP contribution in [-0.4, -0.2) is 62.9 Å². The lowest BCUT2D eigenvalue weighted by molar-refractivity contribution is -0.163. The molecule has 10 heteroatoms. The molecule has 3 aliphatic rings. The number of hydrogen-bond acceptors (Lipinski definition) is 6. The molecule has 0 spiro atoms. The van der Waals surface area contributed by atoms with Crippen molar-refractivity contribution in [2.24, 2.45) is 0 Å². The predicted octanol–water partition coefficient (Wildman–Crippen LogP) is 8.39. The third-order valence-corrected chi connectivity index (χ3v) is 9.31. The Bertz CT molecular complexity index is 849. The molecule has 2 aliphatic heterocycles. The predicted molar refractivity (Wildman–Crippen MR) is 180 cm³/mol. The van der Waals surface area contributed by atoms with E-state index in [0.717, 1.165) is 136 Å². The molecular weight excluding hydrogens is 606 g/mol. The molecule has 47 heavy (non-hydrogen) atoms. The minimum absolute atomic E-state index is 0.0228. The van der Waals surface area contributed by atoms with Gasteiger partial charge in [-0.1, -0.05) is 51.4 Å². The van der Waals surface area contributed by atoms with Crippen molar-refractivity contribution in [3.8, 4) is 0 Å². The molecule has 0 radical (unpaired) electrons. The highest BCUT2D eigenvalue weighted by Crippen LogP contribution is 2.21. The van der Waals surface area contributed by atoms with Gasteiger partial charge in [0.05, 0.1) is 0 Å². The molecule has 4 atom stereocenters. The van der Waals surface area contributed by atoms with Crippen LogP contribution in [0.15, 0.2) is 23.8 Å². The number of hydrogen-bond donors (Lipinski definition) is 2. The zero-order chi connectivity index (χ0) is 33.4. The molecule has 1 saturated carbocycles. The van der Waals surface area contributed by atoms with Gasteiger partial charge in [-0.2, -0.15) is 0 Å². The molecule has 270 valence electrons. The number of allylic oxidation sites excluding steroid dienone is 2.